The predicted octanol–water partition coefficient (Wildman–Crippen LogP) is 3.79. The highest BCUT2D eigenvalue weighted by molar-refractivity contribution is 5.83. The summed E-state index contributed by atoms with van der Waals surface area (Å²) < 4.78 is 17.0. The van der Waals surface area contributed by atoms with Gasteiger partial charge in [0.25, 0.3) is 0 Å². The molecule has 0 aromatic heterocycles. The van der Waals surface area contributed by atoms with E-state index in [1.54, 1.807) is 27.4 Å². The minimum absolute atomic E-state index is 0.0306. The molecular weight excluding hydrogens is 380 g/mol. The van der Waals surface area contributed by atoms with E-state index in [9.17, 15) is 4.79 Å². The maximum Gasteiger partial charge on any atom is 0.203 e. The molecule has 0 bridgehead atoms. The molecule has 6 nitrogen and oxygen atoms in total. The monoisotopic (exact) mass is 412 g/mol. The summed E-state index contributed by atoms with van der Waals surface area (Å²) in [4.78, 5) is 15.3. The van der Waals surface area contributed by atoms with Crippen molar-refractivity contribution >= 4 is 5.69 Å². The Balaban J connectivity index is 2.40. The molecule has 0 saturated heterocycles. The first-order chi connectivity index (χ1) is 14.5. The molecule has 0 saturated carbocycles. The Morgan fingerprint density at radius 3 is 2.30 bits per heavy atom. The van der Waals surface area contributed by atoms with Crippen LogP contribution in [0, 0.1) is 0 Å². The van der Waals surface area contributed by atoms with Gasteiger partial charge in [0.15, 0.2) is 11.5 Å². The van der Waals surface area contributed by atoms with Gasteiger partial charge in [-0.05, 0) is 68.6 Å². The van der Waals surface area contributed by atoms with E-state index < -0.39 is 0 Å². The number of hydrogen-bond acceptors (Lipinski definition) is 6. The molecule has 1 atom stereocenters. The molecule has 0 spiro atoms. The van der Waals surface area contributed by atoms with Crippen LogP contribution in [0.2, 0.25) is 0 Å². The van der Waals surface area contributed by atoms with Crippen molar-refractivity contribution < 1.29 is 14.2 Å². The van der Waals surface area contributed by atoms with E-state index in [0.29, 0.717) is 22.9 Å². The normalized spacial score (nSPS) is 14.9. The Hall–Kier alpha value is -2.73. The molecule has 2 aromatic carbocycles. The van der Waals surface area contributed by atoms with Gasteiger partial charge in [-0.3, -0.25) is 4.79 Å². The van der Waals surface area contributed by atoms with E-state index in [2.05, 4.69) is 24.1 Å². The zero-order chi connectivity index (χ0) is 21.8. The van der Waals surface area contributed by atoms with Crippen LogP contribution < -0.4 is 29.9 Å². The van der Waals surface area contributed by atoms with Gasteiger partial charge in [0.2, 0.25) is 11.2 Å². The number of hydrogen-bond donors (Lipinski definition) is 1. The first-order valence-electron chi connectivity index (χ1n) is 10.5. The lowest BCUT2D eigenvalue weighted by atomic mass is 9.95. The summed E-state index contributed by atoms with van der Waals surface area (Å²) in [5.41, 5.74) is 4.78. The summed E-state index contributed by atoms with van der Waals surface area (Å²) in [7, 11) is 6.82. The van der Waals surface area contributed by atoms with Crippen molar-refractivity contribution in [2.45, 2.75) is 32.7 Å². The van der Waals surface area contributed by atoms with Crippen LogP contribution in [0.15, 0.2) is 29.1 Å². The Bertz CT molecular complexity index is 970. The number of ether oxygens (including phenoxy) is 3. The highest BCUT2D eigenvalue weighted by Gasteiger charge is 2.28. The second-order valence-electron chi connectivity index (χ2n) is 7.33. The molecular formula is C24H32N2O4. The zero-order valence-electron chi connectivity index (χ0n) is 18.8. The van der Waals surface area contributed by atoms with Gasteiger partial charge in [-0.15, -0.1) is 0 Å². The fourth-order valence-electron chi connectivity index (χ4n) is 4.43. The van der Waals surface area contributed by atoms with Gasteiger partial charge in [0.1, 0.15) is 0 Å². The standard InChI is InChI=1S/C24H32N2O4/c1-7-26(8-2)19-12-10-16-17(14-20(19)27)18(25-3)11-9-15-13-21(28-4)23(29-5)24(30-6)22(15)16/h10,12-14,18,25H,7-9,11H2,1-6H3. The summed E-state index contributed by atoms with van der Waals surface area (Å²) >= 11 is 0. The van der Waals surface area contributed by atoms with Crippen LogP contribution in [0.1, 0.15) is 37.4 Å². The lowest BCUT2D eigenvalue weighted by Gasteiger charge is -2.19. The van der Waals surface area contributed by atoms with Crippen molar-refractivity contribution in [2.24, 2.45) is 0 Å². The minimum atomic E-state index is 0.0306. The second-order valence-corrected chi connectivity index (χ2v) is 7.33. The first-order valence-corrected chi connectivity index (χ1v) is 10.5. The van der Waals surface area contributed by atoms with E-state index in [-0.39, 0.29) is 11.5 Å². The Labute approximate surface area is 178 Å². The number of rotatable bonds is 7. The summed E-state index contributed by atoms with van der Waals surface area (Å²) in [6, 6.07) is 7.85. The van der Waals surface area contributed by atoms with Crippen LogP contribution in [0.3, 0.4) is 0 Å². The third-order valence-corrected chi connectivity index (χ3v) is 5.97. The molecule has 1 unspecified atom stereocenters. The van der Waals surface area contributed by atoms with Crippen LogP contribution in [0.4, 0.5) is 5.69 Å². The highest BCUT2D eigenvalue weighted by atomic mass is 16.5. The number of anilines is 1. The minimum Gasteiger partial charge on any atom is -0.493 e. The van der Waals surface area contributed by atoms with Crippen LogP contribution in [-0.4, -0.2) is 41.5 Å². The van der Waals surface area contributed by atoms with Gasteiger partial charge in [-0.2, -0.15) is 0 Å². The van der Waals surface area contributed by atoms with E-state index in [4.69, 9.17) is 14.2 Å². The van der Waals surface area contributed by atoms with Gasteiger partial charge < -0.3 is 24.4 Å². The molecule has 30 heavy (non-hydrogen) atoms. The van der Waals surface area contributed by atoms with E-state index in [1.165, 1.54) is 0 Å². The van der Waals surface area contributed by atoms with Crippen LogP contribution in [0.25, 0.3) is 11.1 Å². The fraction of sp³-hybridized carbons (Fsp3) is 0.458. The van der Waals surface area contributed by atoms with E-state index in [0.717, 1.165) is 48.2 Å². The average molecular weight is 413 g/mol. The largest absolute Gasteiger partial charge is 0.493 e. The van der Waals surface area contributed by atoms with E-state index in [1.807, 2.05) is 25.2 Å². The molecule has 3 rings (SSSR count). The SMILES string of the molecule is CCN(CC)c1ccc2c(cc1=O)C(NC)CCc1cc(OC)c(OC)c(OC)c1-2. The number of aryl methyl sites for hydroxylation is 1. The quantitative estimate of drug-likeness (QED) is 0.747. The number of nitrogens with one attached hydrogen (secondary N) is 1. The Kier molecular flexibility index (Phi) is 6.87. The summed E-state index contributed by atoms with van der Waals surface area (Å²) in [6.45, 7) is 5.68. The zero-order valence-corrected chi connectivity index (χ0v) is 18.8. The lowest BCUT2D eigenvalue weighted by molar-refractivity contribution is 0.324. The van der Waals surface area contributed by atoms with Gasteiger partial charge in [-0.1, -0.05) is 6.07 Å². The molecule has 2 aromatic rings. The van der Waals surface area contributed by atoms with Gasteiger partial charge >= 0.3 is 0 Å². The Morgan fingerprint density at radius 2 is 1.73 bits per heavy atom. The molecule has 1 N–H and O–H groups in total. The van der Waals surface area contributed by atoms with Gasteiger partial charge in [-0.25, -0.2) is 0 Å². The maximum absolute atomic E-state index is 13.2. The van der Waals surface area contributed by atoms with Crippen molar-refractivity contribution in [3.05, 3.63) is 45.6 Å². The number of methoxy groups -OCH3 is 3. The molecule has 0 amide bonds. The van der Waals surface area contributed by atoms with Crippen molar-refractivity contribution in [1.29, 1.82) is 0 Å². The maximum atomic E-state index is 13.2. The van der Waals surface area contributed by atoms with Gasteiger partial charge in [0, 0.05) is 24.7 Å². The summed E-state index contributed by atoms with van der Waals surface area (Å²) in [5, 5.41) is 3.39. The molecule has 1 aliphatic carbocycles. The number of fused-ring (bicyclic) bond motifs is 3. The van der Waals surface area contributed by atoms with Crippen molar-refractivity contribution in [1.82, 2.24) is 5.32 Å². The van der Waals surface area contributed by atoms with E-state index >= 15 is 0 Å². The molecule has 0 aliphatic heterocycles. The molecule has 0 fully saturated rings. The van der Waals surface area contributed by atoms with Crippen LogP contribution >= 0.6 is 0 Å². The molecule has 0 radical (unpaired) electrons. The molecule has 162 valence electrons. The highest BCUT2D eigenvalue weighted by Crippen LogP contribution is 2.50. The summed E-state index contributed by atoms with van der Waals surface area (Å²) in [6.07, 6.45) is 1.69. The number of nitrogens with zero attached hydrogens (tertiary/aromatic N) is 1. The Morgan fingerprint density at radius 1 is 1.03 bits per heavy atom. The van der Waals surface area contributed by atoms with Gasteiger partial charge in [0.05, 0.1) is 27.0 Å². The van der Waals surface area contributed by atoms with Crippen LogP contribution in [-0.2, 0) is 6.42 Å². The summed E-state index contributed by atoms with van der Waals surface area (Å²) in [5.74, 6) is 1.84. The topological polar surface area (TPSA) is 60.0 Å². The fourth-order valence-corrected chi connectivity index (χ4v) is 4.43. The third kappa shape index (κ3) is 3.72. The van der Waals surface area contributed by atoms with Crippen molar-refractivity contribution in [3.8, 4) is 28.4 Å². The van der Waals surface area contributed by atoms with Crippen molar-refractivity contribution in [2.75, 3.05) is 46.4 Å². The lowest BCUT2D eigenvalue weighted by Crippen LogP contribution is -2.26. The molecule has 0 heterocycles. The van der Waals surface area contributed by atoms with Crippen LogP contribution in [0.5, 0.6) is 17.2 Å². The van der Waals surface area contributed by atoms with Crippen molar-refractivity contribution in [3.63, 3.8) is 0 Å². The average Bonchev–Trinajstić information content (AvgIpc) is 3.01. The second kappa shape index (κ2) is 9.39. The molecule has 1 aliphatic rings. The molecule has 6 heteroatoms. The third-order valence-electron chi connectivity index (χ3n) is 5.97. The first kappa shape index (κ1) is 22.0. The number of benzene rings is 1. The predicted molar refractivity (Wildman–Crippen MR) is 121 cm³/mol. The smallest absolute Gasteiger partial charge is 0.203 e.